The minimum Gasteiger partial charge on any atom is -0.365 e. The van der Waals surface area contributed by atoms with Gasteiger partial charge in [0, 0.05) is 19.6 Å². The van der Waals surface area contributed by atoms with Gasteiger partial charge in [-0.1, -0.05) is 42.5 Å². The molecule has 4 unspecified atom stereocenters. The molecule has 0 spiro atoms. The molecule has 2 heterocycles. The number of carbonyl (C=O) groups is 2. The lowest BCUT2D eigenvalue weighted by Gasteiger charge is -2.23. The average molecular weight is 340 g/mol. The number of carbonyl (C=O) groups excluding carboxylic acids is 2. The minimum absolute atomic E-state index is 0.155. The van der Waals surface area contributed by atoms with Crippen molar-refractivity contribution in [3.8, 4) is 0 Å². The van der Waals surface area contributed by atoms with Crippen LogP contribution in [0.4, 0.5) is 0 Å². The fourth-order valence-electron chi connectivity index (χ4n) is 3.69. The Hall–Kier alpha value is -2.24. The van der Waals surface area contributed by atoms with E-state index in [4.69, 9.17) is 4.74 Å². The third kappa shape index (κ3) is 3.30. The number of nitrogens with zero attached hydrogens (tertiary/aromatic N) is 2. The number of ether oxygens (including phenoxy) is 1. The van der Waals surface area contributed by atoms with Crippen molar-refractivity contribution in [1.82, 2.24) is 9.80 Å². The van der Waals surface area contributed by atoms with Gasteiger partial charge in [0.15, 0.2) is 0 Å². The Balaban J connectivity index is 1.63. The number of likely N-dealkylation sites (tertiary alicyclic amines) is 1. The molecule has 5 nitrogen and oxygen atoms in total. The van der Waals surface area contributed by atoms with Gasteiger partial charge in [-0.15, -0.1) is 13.2 Å². The predicted molar refractivity (Wildman–Crippen MR) is 95.5 cm³/mol. The van der Waals surface area contributed by atoms with Gasteiger partial charge in [-0.2, -0.15) is 0 Å². The molecule has 2 aliphatic heterocycles. The maximum Gasteiger partial charge on any atom is 0.236 e. The second kappa shape index (κ2) is 7.33. The molecule has 0 aliphatic carbocycles. The van der Waals surface area contributed by atoms with E-state index in [1.807, 2.05) is 25.2 Å². The molecule has 0 bridgehead atoms. The number of likely N-dealkylation sites (N-methyl/N-ethyl adjacent to an activating group) is 1. The summed E-state index contributed by atoms with van der Waals surface area (Å²) in [5.41, 5.74) is 1.20. The zero-order valence-corrected chi connectivity index (χ0v) is 14.5. The number of hydrogen-bond donors (Lipinski definition) is 0. The third-order valence-corrected chi connectivity index (χ3v) is 4.98. The van der Waals surface area contributed by atoms with Gasteiger partial charge in [0.2, 0.25) is 11.8 Å². The second-order valence-electron chi connectivity index (χ2n) is 6.64. The van der Waals surface area contributed by atoms with Gasteiger partial charge in [-0.3, -0.25) is 14.5 Å². The van der Waals surface area contributed by atoms with E-state index in [2.05, 4.69) is 30.2 Å². The Labute approximate surface area is 148 Å². The predicted octanol–water partition coefficient (Wildman–Crippen LogP) is 1.86. The Morgan fingerprint density at radius 3 is 2.16 bits per heavy atom. The summed E-state index contributed by atoms with van der Waals surface area (Å²) in [5, 5.41) is 0. The molecular weight excluding hydrogens is 316 g/mol. The number of fused-ring (bicyclic) bond motifs is 1. The highest BCUT2D eigenvalue weighted by Crippen LogP contribution is 2.41. The van der Waals surface area contributed by atoms with Crippen LogP contribution in [0.15, 0.2) is 55.6 Å². The highest BCUT2D eigenvalue weighted by atomic mass is 16.5. The fourth-order valence-corrected chi connectivity index (χ4v) is 3.69. The van der Waals surface area contributed by atoms with Gasteiger partial charge in [0.25, 0.3) is 0 Å². The quantitative estimate of drug-likeness (QED) is 0.562. The summed E-state index contributed by atoms with van der Waals surface area (Å²) in [5.74, 6) is -1.24. The Morgan fingerprint density at radius 2 is 1.64 bits per heavy atom. The lowest BCUT2D eigenvalue weighted by Crippen LogP contribution is -2.40. The summed E-state index contributed by atoms with van der Waals surface area (Å²) in [7, 11) is 1.99. The van der Waals surface area contributed by atoms with Gasteiger partial charge in [0.1, 0.15) is 0 Å². The molecule has 1 aromatic rings. The summed E-state index contributed by atoms with van der Waals surface area (Å²) in [6.45, 7) is 9.25. The monoisotopic (exact) mass is 340 g/mol. The number of amides is 2. The maximum atomic E-state index is 12.7. The van der Waals surface area contributed by atoms with Crippen LogP contribution in [0.3, 0.4) is 0 Å². The van der Waals surface area contributed by atoms with Crippen molar-refractivity contribution >= 4 is 11.8 Å². The topological polar surface area (TPSA) is 49.9 Å². The molecule has 5 heteroatoms. The van der Waals surface area contributed by atoms with Gasteiger partial charge in [-0.05, 0) is 12.6 Å². The summed E-state index contributed by atoms with van der Waals surface area (Å²) in [6.07, 6.45) is 2.38. The van der Waals surface area contributed by atoms with E-state index in [1.54, 1.807) is 12.2 Å². The van der Waals surface area contributed by atoms with Crippen molar-refractivity contribution in [3.05, 3.63) is 61.2 Å². The highest BCUT2D eigenvalue weighted by Gasteiger charge is 2.58. The molecule has 25 heavy (non-hydrogen) atoms. The van der Waals surface area contributed by atoms with Crippen LogP contribution in [-0.2, 0) is 20.9 Å². The lowest BCUT2D eigenvalue weighted by molar-refractivity contribution is -0.142. The van der Waals surface area contributed by atoms with Crippen molar-refractivity contribution < 1.29 is 14.3 Å². The largest absolute Gasteiger partial charge is 0.365 e. The van der Waals surface area contributed by atoms with Gasteiger partial charge < -0.3 is 9.64 Å². The molecular formula is C20H24N2O3. The van der Waals surface area contributed by atoms with Crippen molar-refractivity contribution in [1.29, 1.82) is 0 Å². The van der Waals surface area contributed by atoms with Gasteiger partial charge >= 0.3 is 0 Å². The normalized spacial score (nSPS) is 28.5. The van der Waals surface area contributed by atoms with Crippen LogP contribution in [0.1, 0.15) is 5.56 Å². The van der Waals surface area contributed by atoms with Crippen LogP contribution in [0, 0.1) is 11.8 Å². The molecule has 0 N–H and O–H groups in total. The Morgan fingerprint density at radius 1 is 1.08 bits per heavy atom. The van der Waals surface area contributed by atoms with Gasteiger partial charge in [0.05, 0.1) is 24.0 Å². The molecule has 2 aliphatic rings. The SMILES string of the molecule is C=CC1OC(C=C)C2C(=O)N(CCN(C)Cc3ccccc3)C(=O)C12. The first-order chi connectivity index (χ1) is 12.1. The molecule has 1 aromatic carbocycles. The Bertz CT molecular complexity index is 641. The molecule has 0 radical (unpaired) electrons. The van der Waals surface area contributed by atoms with E-state index >= 15 is 0 Å². The molecule has 132 valence electrons. The first kappa shape index (κ1) is 17.6. The smallest absolute Gasteiger partial charge is 0.236 e. The lowest BCUT2D eigenvalue weighted by atomic mass is 9.89. The molecule has 2 amide bonds. The second-order valence-corrected chi connectivity index (χ2v) is 6.64. The molecule has 0 saturated carbocycles. The number of benzene rings is 1. The van der Waals surface area contributed by atoms with Crippen molar-refractivity contribution in [3.63, 3.8) is 0 Å². The van der Waals surface area contributed by atoms with Crippen LogP contribution < -0.4 is 0 Å². The third-order valence-electron chi connectivity index (χ3n) is 4.98. The van der Waals surface area contributed by atoms with Crippen LogP contribution in [-0.4, -0.2) is 54.0 Å². The van der Waals surface area contributed by atoms with Crippen LogP contribution >= 0.6 is 0 Å². The van der Waals surface area contributed by atoms with Gasteiger partial charge in [-0.25, -0.2) is 0 Å². The van der Waals surface area contributed by atoms with Crippen molar-refractivity contribution in [2.75, 3.05) is 20.1 Å². The molecule has 0 aromatic heterocycles. The van der Waals surface area contributed by atoms with E-state index in [0.29, 0.717) is 13.1 Å². The first-order valence-corrected chi connectivity index (χ1v) is 8.55. The van der Waals surface area contributed by atoms with E-state index in [1.165, 1.54) is 10.5 Å². The minimum atomic E-state index is -0.465. The molecule has 3 rings (SSSR count). The van der Waals surface area contributed by atoms with Crippen molar-refractivity contribution in [2.24, 2.45) is 11.8 Å². The molecule has 4 atom stereocenters. The summed E-state index contributed by atoms with van der Waals surface area (Å²) < 4.78 is 5.71. The zero-order valence-electron chi connectivity index (χ0n) is 14.5. The fraction of sp³-hybridized carbons (Fsp3) is 0.400. The van der Waals surface area contributed by atoms with E-state index in [0.717, 1.165) is 6.54 Å². The first-order valence-electron chi connectivity index (χ1n) is 8.55. The average Bonchev–Trinajstić information content (AvgIpc) is 3.11. The van der Waals surface area contributed by atoms with E-state index in [9.17, 15) is 9.59 Å². The van der Waals surface area contributed by atoms with E-state index in [-0.39, 0.29) is 11.8 Å². The number of imide groups is 1. The standard InChI is InChI=1S/C20H24N2O3/c1-4-15-17-18(16(5-2)25-15)20(24)22(19(17)23)12-11-21(3)13-14-9-7-6-8-10-14/h4-10,15-18H,1-2,11-13H2,3H3. The molecule has 2 fully saturated rings. The summed E-state index contributed by atoms with van der Waals surface area (Å²) in [6, 6.07) is 10.1. The van der Waals surface area contributed by atoms with Crippen LogP contribution in [0.5, 0.6) is 0 Å². The van der Waals surface area contributed by atoms with Crippen LogP contribution in [0.2, 0.25) is 0 Å². The molecule has 2 saturated heterocycles. The summed E-state index contributed by atoms with van der Waals surface area (Å²) in [4.78, 5) is 28.9. The van der Waals surface area contributed by atoms with Crippen molar-refractivity contribution in [2.45, 2.75) is 18.8 Å². The number of rotatable bonds is 7. The Kier molecular flexibility index (Phi) is 5.16. The zero-order chi connectivity index (χ0) is 18.0. The number of hydrogen-bond acceptors (Lipinski definition) is 4. The van der Waals surface area contributed by atoms with Crippen LogP contribution in [0.25, 0.3) is 0 Å². The maximum absolute atomic E-state index is 12.7. The summed E-state index contributed by atoms with van der Waals surface area (Å²) >= 11 is 0. The highest BCUT2D eigenvalue weighted by molar-refractivity contribution is 6.06. The van der Waals surface area contributed by atoms with E-state index < -0.39 is 24.0 Å².